The summed E-state index contributed by atoms with van der Waals surface area (Å²) in [6.07, 6.45) is 0.893. The molecule has 2 rings (SSSR count). The van der Waals surface area contributed by atoms with Gasteiger partial charge in [0.05, 0.1) is 24.7 Å². The van der Waals surface area contributed by atoms with Crippen LogP contribution in [0.5, 0.6) is 5.75 Å². The van der Waals surface area contributed by atoms with Crippen molar-refractivity contribution in [3.8, 4) is 5.75 Å². The van der Waals surface area contributed by atoms with Gasteiger partial charge in [0.1, 0.15) is 5.75 Å². The smallest absolute Gasteiger partial charge is 0.255 e. The number of aryl methyl sites for hydroxylation is 2. The van der Waals surface area contributed by atoms with Crippen molar-refractivity contribution in [3.63, 3.8) is 0 Å². The van der Waals surface area contributed by atoms with Crippen molar-refractivity contribution in [3.05, 3.63) is 59.2 Å². The molecule has 168 valence electrons. The molecule has 1 amide bonds. The fourth-order valence-electron chi connectivity index (χ4n) is 2.87. The van der Waals surface area contributed by atoms with Gasteiger partial charge in [-0.3, -0.25) is 4.79 Å². The largest absolute Gasteiger partial charge is 0.494 e. The normalized spacial score (nSPS) is 13.2. The highest BCUT2D eigenvalue weighted by Crippen LogP contribution is 2.24. The Kier molecular flexibility index (Phi) is 10.3. The van der Waals surface area contributed by atoms with Gasteiger partial charge < -0.3 is 24.4 Å². The van der Waals surface area contributed by atoms with Crippen LogP contribution in [-0.2, 0) is 27.2 Å². The Hall–Kier alpha value is -2.59. The molecule has 2 aromatic carbocycles. The Balaban J connectivity index is 1.61. The molecule has 0 bridgehead atoms. The lowest BCUT2D eigenvalue weighted by Gasteiger charge is -2.11. The zero-order chi connectivity index (χ0) is 22.6. The first-order valence-corrected chi connectivity index (χ1v) is 10.9. The van der Waals surface area contributed by atoms with Gasteiger partial charge in [-0.05, 0) is 49.1 Å². The maximum Gasteiger partial charge on any atom is 0.255 e. The Morgan fingerprint density at radius 2 is 1.90 bits per heavy atom. The van der Waals surface area contributed by atoms with E-state index in [1.807, 2.05) is 30.3 Å². The molecule has 2 aromatic rings. The van der Waals surface area contributed by atoms with Gasteiger partial charge in [-0.1, -0.05) is 30.3 Å². The van der Waals surface area contributed by atoms with E-state index in [1.165, 1.54) is 6.21 Å². The van der Waals surface area contributed by atoms with Crippen molar-refractivity contribution in [1.29, 1.82) is 0 Å². The Morgan fingerprint density at radius 3 is 2.55 bits per heavy atom. The minimum Gasteiger partial charge on any atom is -0.494 e. The minimum absolute atomic E-state index is 0.159. The van der Waals surface area contributed by atoms with Gasteiger partial charge in [0.2, 0.25) is 5.91 Å². The van der Waals surface area contributed by atoms with E-state index in [2.05, 4.69) is 10.3 Å². The van der Waals surface area contributed by atoms with Crippen LogP contribution in [0.2, 0.25) is 0 Å². The van der Waals surface area contributed by atoms with Crippen LogP contribution in [0.25, 0.3) is 0 Å². The molecule has 9 heteroatoms. The maximum absolute atomic E-state index is 11.9. The standard InChI is InChI=1S/C22H28N2O6S/c1-16-13-19(14-17(2)21(16)31(27)28)29-12-6-9-20(25)23-10-11-24-22(26)30-15-18-7-4-3-5-8-18/h3-5,7-8,11,13-14,22,26H,6,9-10,12,15H2,1-2H3,(H,23,25)(H,27,28). The summed E-state index contributed by atoms with van der Waals surface area (Å²) < 4.78 is 31.5. The number of hydrogen-bond donors (Lipinski definition) is 3. The predicted molar refractivity (Wildman–Crippen MR) is 118 cm³/mol. The highest BCUT2D eigenvalue weighted by atomic mass is 32.2. The summed E-state index contributed by atoms with van der Waals surface area (Å²) in [6.45, 7) is 4.27. The number of ether oxygens (including phenoxy) is 2. The predicted octanol–water partition coefficient (Wildman–Crippen LogP) is 2.72. The number of aliphatic imine (C=N–C) groups is 1. The first kappa shape index (κ1) is 24.7. The van der Waals surface area contributed by atoms with Gasteiger partial charge in [-0.15, -0.1) is 0 Å². The van der Waals surface area contributed by atoms with Crippen LogP contribution < -0.4 is 10.1 Å². The van der Waals surface area contributed by atoms with E-state index in [1.54, 1.807) is 26.0 Å². The molecule has 0 aliphatic carbocycles. The van der Waals surface area contributed by atoms with Crippen molar-refractivity contribution in [1.82, 2.24) is 5.32 Å². The van der Waals surface area contributed by atoms with Crippen LogP contribution in [0, 0.1) is 13.8 Å². The van der Waals surface area contributed by atoms with Gasteiger partial charge in [0.15, 0.2) is 11.1 Å². The van der Waals surface area contributed by atoms with Crippen molar-refractivity contribution >= 4 is 23.2 Å². The molecule has 0 aliphatic heterocycles. The summed E-state index contributed by atoms with van der Waals surface area (Å²) in [4.78, 5) is 16.1. The van der Waals surface area contributed by atoms with Gasteiger partial charge in [0.25, 0.3) is 6.41 Å². The van der Waals surface area contributed by atoms with Crippen molar-refractivity contribution in [2.75, 3.05) is 13.2 Å². The molecule has 0 spiro atoms. The zero-order valence-corrected chi connectivity index (χ0v) is 18.4. The van der Waals surface area contributed by atoms with E-state index < -0.39 is 17.5 Å². The topological polar surface area (TPSA) is 117 Å². The summed E-state index contributed by atoms with van der Waals surface area (Å²) in [6, 6.07) is 12.8. The van der Waals surface area contributed by atoms with Crippen molar-refractivity contribution < 1.29 is 28.1 Å². The number of carbonyl (C=O) groups is 1. The quantitative estimate of drug-likeness (QED) is 0.199. The molecular formula is C22H28N2O6S. The molecule has 0 aromatic heterocycles. The van der Waals surface area contributed by atoms with Crippen molar-refractivity contribution in [2.45, 2.75) is 44.6 Å². The maximum atomic E-state index is 11.9. The highest BCUT2D eigenvalue weighted by Gasteiger charge is 2.11. The fourth-order valence-corrected chi connectivity index (χ4v) is 3.54. The molecule has 8 nitrogen and oxygen atoms in total. The van der Waals surface area contributed by atoms with Crippen LogP contribution in [0.1, 0.15) is 29.5 Å². The van der Waals surface area contributed by atoms with E-state index in [0.29, 0.717) is 34.8 Å². The first-order valence-electron chi connectivity index (χ1n) is 9.83. The zero-order valence-electron chi connectivity index (χ0n) is 17.6. The SMILES string of the molecule is Cc1cc(OCCCC(=O)NCC=NC(O)OCc2ccccc2)cc(C)c1S(=O)O. The van der Waals surface area contributed by atoms with Gasteiger partial charge in [0, 0.05) is 12.6 Å². The lowest BCUT2D eigenvalue weighted by atomic mass is 10.1. The first-order chi connectivity index (χ1) is 14.9. The second-order valence-corrected chi connectivity index (χ2v) is 7.75. The molecule has 2 unspecified atom stereocenters. The molecule has 0 aliphatic rings. The van der Waals surface area contributed by atoms with E-state index in [9.17, 15) is 18.7 Å². The number of aliphatic hydroxyl groups excluding tert-OH is 1. The molecular weight excluding hydrogens is 420 g/mol. The summed E-state index contributed by atoms with van der Waals surface area (Å²) in [5, 5.41) is 12.3. The van der Waals surface area contributed by atoms with Crippen LogP contribution in [0.3, 0.4) is 0 Å². The number of nitrogens with zero attached hydrogens (tertiary/aromatic N) is 1. The van der Waals surface area contributed by atoms with E-state index in [4.69, 9.17) is 9.47 Å². The molecule has 0 saturated carbocycles. The van der Waals surface area contributed by atoms with Crippen molar-refractivity contribution in [2.24, 2.45) is 4.99 Å². The third-order valence-electron chi connectivity index (χ3n) is 4.29. The minimum atomic E-state index is -2.03. The lowest BCUT2D eigenvalue weighted by Crippen LogP contribution is -2.25. The molecule has 0 radical (unpaired) electrons. The summed E-state index contributed by atoms with van der Waals surface area (Å²) in [5.74, 6) is 0.439. The monoisotopic (exact) mass is 448 g/mol. The number of rotatable bonds is 12. The van der Waals surface area contributed by atoms with E-state index in [0.717, 1.165) is 5.56 Å². The molecule has 31 heavy (non-hydrogen) atoms. The average molecular weight is 449 g/mol. The Labute approximate surface area is 184 Å². The van der Waals surface area contributed by atoms with E-state index >= 15 is 0 Å². The van der Waals surface area contributed by atoms with Gasteiger partial charge in [-0.2, -0.15) is 0 Å². The number of amides is 1. The fraction of sp³-hybridized carbons (Fsp3) is 0.364. The number of benzene rings is 2. The number of hydrogen-bond acceptors (Lipinski definition) is 6. The van der Waals surface area contributed by atoms with Crippen LogP contribution >= 0.6 is 0 Å². The number of carbonyl (C=O) groups excluding carboxylic acids is 1. The van der Waals surface area contributed by atoms with Crippen LogP contribution in [0.4, 0.5) is 0 Å². The molecule has 2 atom stereocenters. The van der Waals surface area contributed by atoms with Crippen LogP contribution in [0.15, 0.2) is 52.4 Å². The average Bonchev–Trinajstić information content (AvgIpc) is 2.73. The van der Waals surface area contributed by atoms with Crippen LogP contribution in [-0.4, -0.2) is 45.6 Å². The summed E-state index contributed by atoms with van der Waals surface area (Å²) >= 11 is -2.03. The highest BCUT2D eigenvalue weighted by molar-refractivity contribution is 7.79. The number of aliphatic hydroxyl groups is 1. The van der Waals surface area contributed by atoms with Gasteiger partial charge >= 0.3 is 0 Å². The number of nitrogens with one attached hydrogen (secondary N) is 1. The van der Waals surface area contributed by atoms with E-state index in [-0.39, 0.29) is 25.5 Å². The summed E-state index contributed by atoms with van der Waals surface area (Å²) in [5.41, 5.74) is 2.29. The molecule has 3 N–H and O–H groups in total. The second kappa shape index (κ2) is 13.0. The second-order valence-electron chi connectivity index (χ2n) is 6.85. The third kappa shape index (κ3) is 8.97. The Morgan fingerprint density at radius 1 is 1.23 bits per heavy atom. The molecule has 0 fully saturated rings. The molecule has 0 heterocycles. The summed E-state index contributed by atoms with van der Waals surface area (Å²) in [7, 11) is 0. The third-order valence-corrected chi connectivity index (χ3v) is 5.28. The Bertz CT molecular complexity index is 881. The molecule has 0 saturated heterocycles. The lowest BCUT2D eigenvalue weighted by molar-refractivity contribution is -0.121. The van der Waals surface area contributed by atoms with Gasteiger partial charge in [-0.25, -0.2) is 9.20 Å².